The van der Waals surface area contributed by atoms with Gasteiger partial charge in [-0.3, -0.25) is 0 Å². The lowest BCUT2D eigenvalue weighted by Gasteiger charge is -1.99. The van der Waals surface area contributed by atoms with E-state index in [1.807, 2.05) is 5.38 Å². The molecule has 0 saturated heterocycles. The molecule has 0 amide bonds. The summed E-state index contributed by atoms with van der Waals surface area (Å²) in [6.07, 6.45) is 0.964. The number of thiophene rings is 1. The number of ether oxygens (including phenoxy) is 2. The van der Waals surface area contributed by atoms with Crippen molar-refractivity contribution < 1.29 is 9.47 Å². The fraction of sp³-hybridized carbons (Fsp3) is 0.429. The van der Waals surface area contributed by atoms with Crippen LogP contribution in [0.3, 0.4) is 0 Å². The zero-order valence-electron chi connectivity index (χ0n) is 5.80. The topological polar surface area (TPSA) is 18.5 Å². The van der Waals surface area contributed by atoms with E-state index in [0.29, 0.717) is 0 Å². The highest BCUT2D eigenvalue weighted by Gasteiger charge is 2.14. The van der Waals surface area contributed by atoms with Crippen molar-refractivity contribution in [3.63, 3.8) is 0 Å². The van der Waals surface area contributed by atoms with E-state index in [1.54, 1.807) is 11.3 Å². The van der Waals surface area contributed by atoms with E-state index >= 15 is 0 Å². The normalized spacial score (nSPS) is 16.1. The lowest BCUT2D eigenvalue weighted by atomic mass is 10.5. The summed E-state index contributed by atoms with van der Waals surface area (Å²) >= 11 is 5.00. The molecule has 11 heavy (non-hydrogen) atoms. The van der Waals surface area contributed by atoms with Crippen LogP contribution in [0.1, 0.15) is 6.42 Å². The summed E-state index contributed by atoms with van der Waals surface area (Å²) in [4.78, 5) is 0. The van der Waals surface area contributed by atoms with Crippen LogP contribution in [-0.4, -0.2) is 13.2 Å². The third-order valence-corrected chi connectivity index (χ3v) is 3.11. The Bertz CT molecular complexity index is 259. The highest BCUT2D eigenvalue weighted by Crippen LogP contribution is 2.42. The molecule has 0 bridgehead atoms. The van der Waals surface area contributed by atoms with Crippen molar-refractivity contribution in [1.82, 2.24) is 0 Å². The molecule has 0 spiro atoms. The Balaban J connectivity index is 2.35. The van der Waals surface area contributed by atoms with Gasteiger partial charge in [0.1, 0.15) is 3.79 Å². The van der Waals surface area contributed by atoms with Crippen LogP contribution in [-0.2, 0) is 0 Å². The van der Waals surface area contributed by atoms with Crippen LogP contribution >= 0.6 is 27.3 Å². The molecule has 1 aliphatic rings. The fourth-order valence-corrected chi connectivity index (χ4v) is 2.19. The van der Waals surface area contributed by atoms with E-state index in [-0.39, 0.29) is 0 Å². The number of fused-ring (bicyclic) bond motifs is 1. The number of hydrogen-bond donors (Lipinski definition) is 0. The van der Waals surface area contributed by atoms with Crippen LogP contribution in [0.2, 0.25) is 0 Å². The van der Waals surface area contributed by atoms with Gasteiger partial charge < -0.3 is 9.47 Å². The van der Waals surface area contributed by atoms with Gasteiger partial charge in [0.15, 0.2) is 11.5 Å². The molecular weight excluding hydrogens is 228 g/mol. The van der Waals surface area contributed by atoms with Gasteiger partial charge in [0.2, 0.25) is 0 Å². The molecule has 60 valence electrons. The van der Waals surface area contributed by atoms with E-state index < -0.39 is 0 Å². The number of hydrogen-bond acceptors (Lipinski definition) is 3. The molecule has 0 saturated carbocycles. The Kier molecular flexibility index (Phi) is 2.05. The van der Waals surface area contributed by atoms with Gasteiger partial charge in [-0.15, -0.1) is 11.3 Å². The molecule has 0 atom stereocenters. The lowest BCUT2D eigenvalue weighted by molar-refractivity contribution is 0.296. The third kappa shape index (κ3) is 1.37. The van der Waals surface area contributed by atoms with Crippen molar-refractivity contribution in [2.75, 3.05) is 13.2 Å². The van der Waals surface area contributed by atoms with Crippen molar-refractivity contribution in [3.05, 3.63) is 9.17 Å². The molecule has 0 aliphatic carbocycles. The minimum absolute atomic E-state index is 0.752. The molecule has 0 radical (unpaired) electrons. The molecule has 0 unspecified atom stereocenters. The lowest BCUT2D eigenvalue weighted by Crippen LogP contribution is -1.97. The maximum absolute atomic E-state index is 5.46. The molecule has 1 aromatic heterocycles. The van der Waals surface area contributed by atoms with E-state index in [1.165, 1.54) is 0 Å². The standard InChI is InChI=1S/C7H7BrO2S/c8-7-6-5(4-11-7)9-2-1-3-10-6/h4H,1-3H2. The first kappa shape index (κ1) is 7.43. The predicted octanol–water partition coefficient (Wildman–Crippen LogP) is 2.67. The van der Waals surface area contributed by atoms with E-state index in [2.05, 4.69) is 15.9 Å². The third-order valence-electron chi connectivity index (χ3n) is 1.46. The van der Waals surface area contributed by atoms with Gasteiger partial charge in [0.25, 0.3) is 0 Å². The van der Waals surface area contributed by atoms with Gasteiger partial charge in [-0.25, -0.2) is 0 Å². The average Bonchev–Trinajstić information content (AvgIpc) is 2.25. The van der Waals surface area contributed by atoms with Crippen molar-refractivity contribution >= 4 is 27.3 Å². The summed E-state index contributed by atoms with van der Waals surface area (Å²) in [5.74, 6) is 1.74. The highest BCUT2D eigenvalue weighted by atomic mass is 79.9. The monoisotopic (exact) mass is 234 g/mol. The molecule has 2 nitrogen and oxygen atoms in total. The van der Waals surface area contributed by atoms with Crippen LogP contribution in [0.25, 0.3) is 0 Å². The Morgan fingerprint density at radius 2 is 2.18 bits per heavy atom. The average molecular weight is 235 g/mol. The minimum Gasteiger partial charge on any atom is -0.489 e. The van der Waals surface area contributed by atoms with E-state index in [0.717, 1.165) is 34.9 Å². The molecular formula is C7H7BrO2S. The van der Waals surface area contributed by atoms with Gasteiger partial charge in [-0.1, -0.05) is 0 Å². The molecule has 2 rings (SSSR count). The predicted molar refractivity (Wildman–Crippen MR) is 47.6 cm³/mol. The Hall–Kier alpha value is -0.220. The first-order chi connectivity index (χ1) is 5.38. The van der Waals surface area contributed by atoms with Crippen molar-refractivity contribution in [1.29, 1.82) is 0 Å². The first-order valence-electron chi connectivity index (χ1n) is 3.40. The zero-order valence-corrected chi connectivity index (χ0v) is 8.20. The SMILES string of the molecule is Brc1scc2c1OCCCO2. The van der Waals surface area contributed by atoms with Gasteiger partial charge in [-0.2, -0.15) is 0 Å². The van der Waals surface area contributed by atoms with Crippen molar-refractivity contribution in [2.24, 2.45) is 0 Å². The molecule has 4 heteroatoms. The summed E-state index contributed by atoms with van der Waals surface area (Å²) in [6.45, 7) is 1.51. The van der Waals surface area contributed by atoms with E-state index in [9.17, 15) is 0 Å². The highest BCUT2D eigenvalue weighted by molar-refractivity contribution is 9.11. The Morgan fingerprint density at radius 3 is 3.09 bits per heavy atom. The number of halogens is 1. The van der Waals surface area contributed by atoms with Gasteiger partial charge in [0, 0.05) is 11.8 Å². The smallest absolute Gasteiger partial charge is 0.186 e. The largest absolute Gasteiger partial charge is 0.489 e. The first-order valence-corrected chi connectivity index (χ1v) is 5.08. The molecule has 0 N–H and O–H groups in total. The second-order valence-electron chi connectivity index (χ2n) is 2.25. The van der Waals surface area contributed by atoms with Crippen molar-refractivity contribution in [2.45, 2.75) is 6.42 Å². The van der Waals surface area contributed by atoms with Crippen LogP contribution in [0.5, 0.6) is 11.5 Å². The van der Waals surface area contributed by atoms with Gasteiger partial charge in [0.05, 0.1) is 13.2 Å². The maximum Gasteiger partial charge on any atom is 0.186 e. The quantitative estimate of drug-likeness (QED) is 0.688. The molecule has 1 aromatic rings. The molecule has 1 aliphatic heterocycles. The summed E-state index contributed by atoms with van der Waals surface area (Å²) in [5, 5.41) is 1.96. The fourth-order valence-electron chi connectivity index (χ4n) is 0.952. The van der Waals surface area contributed by atoms with Gasteiger partial charge >= 0.3 is 0 Å². The zero-order chi connectivity index (χ0) is 7.68. The van der Waals surface area contributed by atoms with E-state index in [4.69, 9.17) is 9.47 Å². The Morgan fingerprint density at radius 1 is 1.36 bits per heavy atom. The van der Waals surface area contributed by atoms with Crippen LogP contribution in [0, 0.1) is 0 Å². The molecule has 2 heterocycles. The Labute approximate surface area is 77.3 Å². The summed E-state index contributed by atoms with van der Waals surface area (Å²) in [6, 6.07) is 0. The van der Waals surface area contributed by atoms with Gasteiger partial charge in [-0.05, 0) is 15.9 Å². The van der Waals surface area contributed by atoms with Crippen molar-refractivity contribution in [3.8, 4) is 11.5 Å². The molecule has 0 fully saturated rings. The van der Waals surface area contributed by atoms with Crippen LogP contribution < -0.4 is 9.47 Å². The summed E-state index contributed by atoms with van der Waals surface area (Å²) < 4.78 is 11.9. The minimum atomic E-state index is 0.752. The van der Waals surface area contributed by atoms with Crippen LogP contribution in [0.4, 0.5) is 0 Å². The van der Waals surface area contributed by atoms with Crippen LogP contribution in [0.15, 0.2) is 9.17 Å². The molecule has 0 aromatic carbocycles. The summed E-state index contributed by atoms with van der Waals surface area (Å²) in [7, 11) is 0. The second kappa shape index (κ2) is 3.03. The summed E-state index contributed by atoms with van der Waals surface area (Å²) in [5.41, 5.74) is 0. The number of rotatable bonds is 0. The second-order valence-corrected chi connectivity index (χ2v) is 4.45. The maximum atomic E-state index is 5.46.